The fourth-order valence-electron chi connectivity index (χ4n) is 3.11. The number of aromatic amines is 1. The molecule has 2 aromatic heterocycles. The minimum absolute atomic E-state index is 0.0930. The summed E-state index contributed by atoms with van der Waals surface area (Å²) in [6.45, 7) is -1.00. The SMILES string of the molecule is O=C(c1cn[nH]c1-c1cc2ccccc2o1)N1CCC(O)(C(F)(F)F)C1. The first-order valence-electron chi connectivity index (χ1n) is 7.89. The molecule has 136 valence electrons. The molecule has 6 nitrogen and oxygen atoms in total. The van der Waals surface area contributed by atoms with Crippen molar-refractivity contribution >= 4 is 16.9 Å². The number of β-amino-alcohol motifs (C(OH)–C–C–N with tert-alkyl or cyclic N) is 1. The molecule has 3 aromatic rings. The number of nitrogens with zero attached hydrogens (tertiary/aromatic N) is 2. The molecule has 0 saturated carbocycles. The van der Waals surface area contributed by atoms with Gasteiger partial charge < -0.3 is 14.4 Å². The van der Waals surface area contributed by atoms with Crippen molar-refractivity contribution < 1.29 is 27.5 Å². The van der Waals surface area contributed by atoms with Crippen LogP contribution in [0.4, 0.5) is 13.2 Å². The van der Waals surface area contributed by atoms with Crippen molar-refractivity contribution in [3.8, 4) is 11.5 Å². The van der Waals surface area contributed by atoms with E-state index in [0.717, 1.165) is 10.3 Å². The second-order valence-corrected chi connectivity index (χ2v) is 6.31. The second kappa shape index (κ2) is 5.60. The van der Waals surface area contributed by atoms with Gasteiger partial charge in [0.05, 0.1) is 18.3 Å². The number of alkyl halides is 3. The number of furan rings is 1. The highest BCUT2D eigenvalue weighted by Gasteiger charge is 2.58. The van der Waals surface area contributed by atoms with Crippen LogP contribution in [-0.4, -0.2) is 51.0 Å². The lowest BCUT2D eigenvalue weighted by atomic mass is 10.0. The molecule has 0 aliphatic carbocycles. The maximum absolute atomic E-state index is 13.0. The molecule has 1 aliphatic heterocycles. The van der Waals surface area contributed by atoms with Crippen LogP contribution in [-0.2, 0) is 0 Å². The van der Waals surface area contributed by atoms with Gasteiger partial charge in [-0.15, -0.1) is 0 Å². The lowest BCUT2D eigenvalue weighted by Crippen LogP contribution is -2.48. The van der Waals surface area contributed by atoms with E-state index in [2.05, 4.69) is 10.2 Å². The summed E-state index contributed by atoms with van der Waals surface area (Å²) in [6, 6.07) is 8.96. The molecule has 1 unspecified atom stereocenters. The Kier molecular flexibility index (Phi) is 3.58. The van der Waals surface area contributed by atoms with Crippen molar-refractivity contribution in [2.75, 3.05) is 13.1 Å². The first-order chi connectivity index (χ1) is 12.3. The standard InChI is InChI=1S/C17H14F3N3O3/c18-17(19,20)16(25)5-6-23(9-16)15(24)11-8-21-22-14(11)13-7-10-3-1-2-4-12(10)26-13/h1-4,7-8,25H,5-6,9H2,(H,21,22). The summed E-state index contributed by atoms with van der Waals surface area (Å²) >= 11 is 0. The van der Waals surface area contributed by atoms with E-state index in [0.29, 0.717) is 11.3 Å². The van der Waals surface area contributed by atoms with E-state index in [4.69, 9.17) is 4.42 Å². The van der Waals surface area contributed by atoms with Crippen molar-refractivity contribution in [2.24, 2.45) is 0 Å². The molecule has 1 aromatic carbocycles. The van der Waals surface area contributed by atoms with Crippen LogP contribution in [0.15, 0.2) is 40.9 Å². The van der Waals surface area contributed by atoms with E-state index in [1.807, 2.05) is 12.1 Å². The van der Waals surface area contributed by atoms with E-state index in [1.54, 1.807) is 18.2 Å². The van der Waals surface area contributed by atoms with Crippen molar-refractivity contribution in [3.05, 3.63) is 42.1 Å². The molecular formula is C17H14F3N3O3. The van der Waals surface area contributed by atoms with Crippen LogP contribution in [0.1, 0.15) is 16.8 Å². The summed E-state index contributed by atoms with van der Waals surface area (Å²) in [5.41, 5.74) is -1.89. The fraction of sp³-hybridized carbons (Fsp3) is 0.294. The molecule has 1 atom stereocenters. The number of para-hydroxylation sites is 1. The minimum atomic E-state index is -4.79. The van der Waals surface area contributed by atoms with Gasteiger partial charge in [0.2, 0.25) is 0 Å². The Bertz CT molecular complexity index is 945. The van der Waals surface area contributed by atoms with Gasteiger partial charge in [-0.25, -0.2) is 0 Å². The number of halogens is 3. The van der Waals surface area contributed by atoms with Crippen LogP contribution in [0.3, 0.4) is 0 Å². The van der Waals surface area contributed by atoms with E-state index in [1.165, 1.54) is 6.20 Å². The number of rotatable bonds is 2. The maximum atomic E-state index is 13.0. The molecule has 0 radical (unpaired) electrons. The predicted octanol–water partition coefficient (Wildman–Crippen LogP) is 2.96. The molecule has 1 aliphatic rings. The van der Waals surface area contributed by atoms with Gasteiger partial charge in [-0.3, -0.25) is 9.89 Å². The van der Waals surface area contributed by atoms with Gasteiger partial charge in [0.1, 0.15) is 11.3 Å². The molecule has 1 fully saturated rings. The number of nitrogens with one attached hydrogen (secondary N) is 1. The number of carbonyl (C=O) groups excluding carboxylic acids is 1. The van der Waals surface area contributed by atoms with Gasteiger partial charge in [-0.2, -0.15) is 18.3 Å². The third kappa shape index (κ3) is 2.55. The summed E-state index contributed by atoms with van der Waals surface area (Å²) in [6.07, 6.45) is -4.10. The van der Waals surface area contributed by atoms with E-state index < -0.39 is 30.7 Å². The lowest BCUT2D eigenvalue weighted by molar-refractivity contribution is -0.253. The van der Waals surface area contributed by atoms with Crippen molar-refractivity contribution in [3.63, 3.8) is 0 Å². The highest BCUT2D eigenvalue weighted by Crippen LogP contribution is 2.38. The summed E-state index contributed by atoms with van der Waals surface area (Å²) in [4.78, 5) is 13.7. The monoisotopic (exact) mass is 365 g/mol. The van der Waals surface area contributed by atoms with Crippen LogP contribution in [0.25, 0.3) is 22.4 Å². The number of H-pyrrole nitrogens is 1. The normalized spacial score (nSPS) is 20.8. The van der Waals surface area contributed by atoms with Crippen molar-refractivity contribution in [1.29, 1.82) is 0 Å². The molecular weight excluding hydrogens is 351 g/mol. The molecule has 0 bridgehead atoms. The summed E-state index contributed by atoms with van der Waals surface area (Å²) in [7, 11) is 0. The zero-order chi connectivity index (χ0) is 18.5. The first kappa shape index (κ1) is 16.6. The van der Waals surface area contributed by atoms with Gasteiger partial charge in [0, 0.05) is 18.4 Å². The third-order valence-electron chi connectivity index (χ3n) is 4.60. The summed E-state index contributed by atoms with van der Waals surface area (Å²) in [5.74, 6) is -0.285. The Morgan fingerprint density at radius 1 is 1.35 bits per heavy atom. The first-order valence-corrected chi connectivity index (χ1v) is 7.89. The topological polar surface area (TPSA) is 82.4 Å². The average Bonchev–Trinajstić information content (AvgIpc) is 3.30. The number of fused-ring (bicyclic) bond motifs is 1. The molecule has 26 heavy (non-hydrogen) atoms. The number of aromatic nitrogens is 2. The molecule has 3 heterocycles. The van der Waals surface area contributed by atoms with Crippen LogP contribution in [0.2, 0.25) is 0 Å². The van der Waals surface area contributed by atoms with E-state index >= 15 is 0 Å². The Morgan fingerprint density at radius 3 is 2.81 bits per heavy atom. The highest BCUT2D eigenvalue weighted by molar-refractivity contribution is 6.00. The maximum Gasteiger partial charge on any atom is 0.419 e. The molecule has 0 spiro atoms. The van der Waals surface area contributed by atoms with E-state index in [-0.39, 0.29) is 17.8 Å². The zero-order valence-corrected chi connectivity index (χ0v) is 13.4. The van der Waals surface area contributed by atoms with Gasteiger partial charge in [-0.1, -0.05) is 18.2 Å². The number of benzene rings is 1. The fourth-order valence-corrected chi connectivity index (χ4v) is 3.11. The number of hydrogen-bond donors (Lipinski definition) is 2. The largest absolute Gasteiger partial charge is 0.454 e. The molecule has 1 amide bonds. The number of likely N-dealkylation sites (tertiary alicyclic amines) is 1. The second-order valence-electron chi connectivity index (χ2n) is 6.31. The quantitative estimate of drug-likeness (QED) is 0.732. The Balaban J connectivity index is 1.64. The molecule has 2 N–H and O–H groups in total. The van der Waals surface area contributed by atoms with Gasteiger partial charge in [-0.05, 0) is 12.1 Å². The Hall–Kier alpha value is -2.81. The Labute approximate surface area is 145 Å². The van der Waals surface area contributed by atoms with Crippen molar-refractivity contribution in [1.82, 2.24) is 15.1 Å². The third-order valence-corrected chi connectivity index (χ3v) is 4.60. The number of hydrogen-bond acceptors (Lipinski definition) is 4. The summed E-state index contributed by atoms with van der Waals surface area (Å²) in [5, 5.41) is 17.1. The van der Waals surface area contributed by atoms with Crippen LogP contribution in [0.5, 0.6) is 0 Å². The van der Waals surface area contributed by atoms with Crippen molar-refractivity contribution in [2.45, 2.75) is 18.2 Å². The van der Waals surface area contributed by atoms with Gasteiger partial charge >= 0.3 is 6.18 Å². The minimum Gasteiger partial charge on any atom is -0.454 e. The van der Waals surface area contributed by atoms with Crippen LogP contribution < -0.4 is 0 Å². The molecule has 1 saturated heterocycles. The molecule has 4 rings (SSSR count). The number of amides is 1. The Morgan fingerprint density at radius 2 is 2.12 bits per heavy atom. The zero-order valence-electron chi connectivity index (χ0n) is 13.4. The highest BCUT2D eigenvalue weighted by atomic mass is 19.4. The number of carbonyl (C=O) groups is 1. The van der Waals surface area contributed by atoms with Gasteiger partial charge in [0.15, 0.2) is 11.4 Å². The van der Waals surface area contributed by atoms with Gasteiger partial charge in [0.25, 0.3) is 5.91 Å². The number of aliphatic hydroxyl groups is 1. The van der Waals surface area contributed by atoms with E-state index in [9.17, 15) is 23.1 Å². The smallest absolute Gasteiger partial charge is 0.419 e. The van der Waals surface area contributed by atoms with Crippen LogP contribution >= 0.6 is 0 Å². The van der Waals surface area contributed by atoms with Crippen LogP contribution in [0, 0.1) is 0 Å². The average molecular weight is 365 g/mol. The molecule has 9 heteroatoms. The summed E-state index contributed by atoms with van der Waals surface area (Å²) < 4.78 is 44.6. The predicted molar refractivity (Wildman–Crippen MR) is 85.3 cm³/mol. The lowest BCUT2D eigenvalue weighted by Gasteiger charge is -2.25.